The fraction of sp³-hybridized carbons (Fsp3) is 0.462. The summed E-state index contributed by atoms with van der Waals surface area (Å²) >= 11 is 11.9. The van der Waals surface area contributed by atoms with Gasteiger partial charge in [-0.15, -0.1) is 0 Å². The van der Waals surface area contributed by atoms with Gasteiger partial charge in [0, 0.05) is 18.1 Å². The summed E-state index contributed by atoms with van der Waals surface area (Å²) in [5.41, 5.74) is 0.201. The molecule has 1 rings (SSSR count). The van der Waals surface area contributed by atoms with E-state index in [1.807, 2.05) is 13.8 Å². The third-order valence-corrected chi connectivity index (χ3v) is 4.65. The molecule has 5 nitrogen and oxygen atoms in total. The van der Waals surface area contributed by atoms with Gasteiger partial charge < -0.3 is 4.90 Å². The highest BCUT2D eigenvalue weighted by Crippen LogP contribution is 2.30. The first-order valence-electron chi connectivity index (χ1n) is 6.41. The Balaban J connectivity index is 3.20. The van der Waals surface area contributed by atoms with Crippen molar-refractivity contribution in [1.82, 2.24) is 4.90 Å². The molecule has 1 amide bonds. The molecule has 0 saturated heterocycles. The number of anilines is 1. The molecule has 0 aliphatic heterocycles. The minimum Gasteiger partial charge on any atom is -0.342 e. The number of hydrogen-bond acceptors (Lipinski definition) is 3. The highest BCUT2D eigenvalue weighted by Gasteiger charge is 2.25. The van der Waals surface area contributed by atoms with Crippen LogP contribution in [0.1, 0.15) is 13.8 Å². The molecule has 0 unspecified atom stereocenters. The summed E-state index contributed by atoms with van der Waals surface area (Å²) in [7, 11) is -3.66. The van der Waals surface area contributed by atoms with Crippen molar-refractivity contribution in [2.45, 2.75) is 13.8 Å². The SMILES string of the molecule is CCN(CC)C(=O)CN(c1cc(Cl)ccc1Cl)S(C)(=O)=O. The zero-order chi connectivity index (χ0) is 16.2. The van der Waals surface area contributed by atoms with Gasteiger partial charge in [-0.05, 0) is 32.0 Å². The van der Waals surface area contributed by atoms with Gasteiger partial charge in [0.2, 0.25) is 15.9 Å². The van der Waals surface area contributed by atoms with Gasteiger partial charge in [-0.2, -0.15) is 0 Å². The van der Waals surface area contributed by atoms with E-state index in [2.05, 4.69) is 0 Å². The Morgan fingerprint density at radius 3 is 2.24 bits per heavy atom. The quantitative estimate of drug-likeness (QED) is 0.790. The maximum atomic E-state index is 12.2. The number of carbonyl (C=O) groups is 1. The Bertz CT molecular complexity index is 616. The monoisotopic (exact) mass is 352 g/mol. The van der Waals surface area contributed by atoms with E-state index >= 15 is 0 Å². The summed E-state index contributed by atoms with van der Waals surface area (Å²) in [6.07, 6.45) is 1.03. The summed E-state index contributed by atoms with van der Waals surface area (Å²) in [6, 6.07) is 4.49. The Kier molecular flexibility index (Phi) is 6.31. The Morgan fingerprint density at radius 2 is 1.76 bits per heavy atom. The first-order valence-corrected chi connectivity index (χ1v) is 9.01. The fourth-order valence-electron chi connectivity index (χ4n) is 1.86. The van der Waals surface area contributed by atoms with Gasteiger partial charge in [0.05, 0.1) is 17.0 Å². The summed E-state index contributed by atoms with van der Waals surface area (Å²) in [4.78, 5) is 13.7. The predicted octanol–water partition coefficient (Wildman–Crippen LogP) is 2.63. The number of rotatable bonds is 6. The molecule has 1 aromatic carbocycles. The number of nitrogens with zero attached hydrogens (tertiary/aromatic N) is 2. The molecule has 0 spiro atoms. The van der Waals surface area contributed by atoms with Gasteiger partial charge in [0.25, 0.3) is 0 Å². The molecule has 0 aliphatic carbocycles. The van der Waals surface area contributed by atoms with Crippen molar-refractivity contribution < 1.29 is 13.2 Å². The lowest BCUT2D eigenvalue weighted by Gasteiger charge is -2.26. The Morgan fingerprint density at radius 1 is 1.19 bits per heavy atom. The Hall–Kier alpha value is -0.980. The van der Waals surface area contributed by atoms with E-state index in [9.17, 15) is 13.2 Å². The molecule has 21 heavy (non-hydrogen) atoms. The average molecular weight is 353 g/mol. The molecule has 0 aliphatic rings. The summed E-state index contributed by atoms with van der Waals surface area (Å²) in [5, 5.41) is 0.565. The zero-order valence-corrected chi connectivity index (χ0v) is 14.5. The number of halogens is 2. The number of carbonyl (C=O) groups excluding carboxylic acids is 1. The van der Waals surface area contributed by atoms with E-state index < -0.39 is 10.0 Å². The summed E-state index contributed by atoms with van der Waals surface area (Å²) < 4.78 is 24.9. The minimum atomic E-state index is -3.66. The van der Waals surface area contributed by atoms with Crippen molar-refractivity contribution in [3.63, 3.8) is 0 Å². The van der Waals surface area contributed by atoms with E-state index in [0.29, 0.717) is 18.1 Å². The molecule has 1 aromatic rings. The van der Waals surface area contributed by atoms with E-state index in [4.69, 9.17) is 23.2 Å². The molecule has 0 heterocycles. The lowest BCUT2D eigenvalue weighted by atomic mass is 10.3. The average Bonchev–Trinajstić information content (AvgIpc) is 2.39. The van der Waals surface area contributed by atoms with Gasteiger partial charge in [-0.3, -0.25) is 9.10 Å². The molecule has 8 heteroatoms. The molecule has 0 atom stereocenters. The molecule has 0 saturated carbocycles. The molecular weight excluding hydrogens is 335 g/mol. The van der Waals surface area contributed by atoms with Crippen LogP contribution in [-0.2, 0) is 14.8 Å². The third-order valence-electron chi connectivity index (χ3n) is 2.97. The second-order valence-electron chi connectivity index (χ2n) is 4.43. The zero-order valence-electron chi connectivity index (χ0n) is 12.1. The lowest BCUT2D eigenvalue weighted by molar-refractivity contribution is -0.129. The van der Waals surface area contributed by atoms with Gasteiger partial charge in [-0.25, -0.2) is 8.42 Å². The van der Waals surface area contributed by atoms with Crippen LogP contribution in [0.3, 0.4) is 0 Å². The topological polar surface area (TPSA) is 57.7 Å². The molecule has 118 valence electrons. The van der Waals surface area contributed by atoms with Gasteiger partial charge in [0.15, 0.2) is 0 Å². The number of benzene rings is 1. The van der Waals surface area contributed by atoms with E-state index in [0.717, 1.165) is 10.6 Å². The standard InChI is InChI=1S/C13H18Cl2N2O3S/c1-4-16(5-2)13(18)9-17(21(3,19)20)12-8-10(14)6-7-11(12)15/h6-8H,4-5,9H2,1-3H3. The van der Waals surface area contributed by atoms with Crippen LogP contribution in [0.5, 0.6) is 0 Å². The van der Waals surface area contributed by atoms with E-state index in [-0.39, 0.29) is 23.2 Å². The smallest absolute Gasteiger partial charge is 0.243 e. The van der Waals surface area contributed by atoms with Gasteiger partial charge >= 0.3 is 0 Å². The van der Waals surface area contributed by atoms with Crippen LogP contribution in [0.2, 0.25) is 10.0 Å². The maximum Gasteiger partial charge on any atom is 0.243 e. The van der Waals surface area contributed by atoms with Gasteiger partial charge in [-0.1, -0.05) is 23.2 Å². The van der Waals surface area contributed by atoms with Crippen molar-refractivity contribution >= 4 is 44.8 Å². The van der Waals surface area contributed by atoms with E-state index in [1.54, 1.807) is 11.0 Å². The van der Waals surface area contributed by atoms with Crippen LogP contribution in [0.15, 0.2) is 18.2 Å². The van der Waals surface area contributed by atoms with Crippen LogP contribution < -0.4 is 4.31 Å². The lowest BCUT2D eigenvalue weighted by Crippen LogP contribution is -2.42. The third kappa shape index (κ3) is 4.76. The number of sulfonamides is 1. The molecule has 0 radical (unpaired) electrons. The van der Waals surface area contributed by atoms with Crippen molar-refractivity contribution in [2.75, 3.05) is 30.2 Å². The van der Waals surface area contributed by atoms with Gasteiger partial charge in [0.1, 0.15) is 6.54 Å². The first-order chi connectivity index (χ1) is 9.70. The molecule has 0 aromatic heterocycles. The Labute approximate surface area is 135 Å². The van der Waals surface area contributed by atoms with Crippen LogP contribution in [0.25, 0.3) is 0 Å². The maximum absolute atomic E-state index is 12.2. The second-order valence-corrected chi connectivity index (χ2v) is 7.18. The van der Waals surface area contributed by atoms with Crippen LogP contribution in [0.4, 0.5) is 5.69 Å². The van der Waals surface area contributed by atoms with Crippen LogP contribution in [0, 0.1) is 0 Å². The second kappa shape index (κ2) is 7.33. The van der Waals surface area contributed by atoms with Crippen molar-refractivity contribution in [3.05, 3.63) is 28.2 Å². The molecule has 0 bridgehead atoms. The number of amides is 1. The van der Waals surface area contributed by atoms with Crippen LogP contribution in [-0.4, -0.2) is 45.1 Å². The van der Waals surface area contributed by atoms with E-state index in [1.165, 1.54) is 12.1 Å². The highest BCUT2D eigenvalue weighted by atomic mass is 35.5. The normalized spacial score (nSPS) is 11.3. The largest absolute Gasteiger partial charge is 0.342 e. The fourth-order valence-corrected chi connectivity index (χ4v) is 3.15. The van der Waals surface area contributed by atoms with Crippen molar-refractivity contribution in [1.29, 1.82) is 0 Å². The predicted molar refractivity (Wildman–Crippen MR) is 86.6 cm³/mol. The highest BCUT2D eigenvalue weighted by molar-refractivity contribution is 7.92. The molecular formula is C13H18Cl2N2O3S. The summed E-state index contributed by atoms with van der Waals surface area (Å²) in [5.74, 6) is -0.290. The molecule has 0 N–H and O–H groups in total. The minimum absolute atomic E-state index is 0.201. The van der Waals surface area contributed by atoms with Crippen LogP contribution >= 0.6 is 23.2 Å². The number of likely N-dealkylation sites (N-methyl/N-ethyl adjacent to an activating group) is 1. The number of hydrogen-bond donors (Lipinski definition) is 0. The van der Waals surface area contributed by atoms with Crippen molar-refractivity contribution in [2.24, 2.45) is 0 Å². The first kappa shape index (κ1) is 18.1. The summed E-state index contributed by atoms with van der Waals surface area (Å²) in [6.45, 7) is 4.38. The van der Waals surface area contributed by atoms with Crippen molar-refractivity contribution in [3.8, 4) is 0 Å². The molecule has 0 fully saturated rings.